The molecule has 2 aliphatic rings. The number of carbonyl (C=O) groups is 3. The van der Waals surface area contributed by atoms with Crippen LogP contribution in [0, 0.1) is 0 Å². The first kappa shape index (κ1) is 27.4. The van der Waals surface area contributed by atoms with E-state index in [0.29, 0.717) is 17.0 Å². The maximum Gasteiger partial charge on any atom is 0.409 e. The van der Waals surface area contributed by atoms with Gasteiger partial charge in [0.2, 0.25) is 10.0 Å². The third-order valence-electron chi connectivity index (χ3n) is 6.72. The summed E-state index contributed by atoms with van der Waals surface area (Å²) in [6.07, 6.45) is -0.374. The summed E-state index contributed by atoms with van der Waals surface area (Å²) < 4.78 is 43.4. The topological polar surface area (TPSA) is 152 Å². The Hall–Kier alpha value is -3.68. The summed E-state index contributed by atoms with van der Waals surface area (Å²) in [6.45, 7) is -0.139. The van der Waals surface area contributed by atoms with E-state index < -0.39 is 33.7 Å². The highest BCUT2D eigenvalue weighted by atomic mass is 32.2. The summed E-state index contributed by atoms with van der Waals surface area (Å²) in [4.78, 5) is 38.6. The Morgan fingerprint density at radius 3 is 2.34 bits per heavy atom. The zero-order valence-electron chi connectivity index (χ0n) is 21.0. The molecule has 38 heavy (non-hydrogen) atoms. The van der Waals surface area contributed by atoms with Crippen molar-refractivity contribution in [1.29, 1.82) is 0 Å². The Balaban J connectivity index is 1.52. The van der Waals surface area contributed by atoms with E-state index >= 15 is 0 Å². The van der Waals surface area contributed by atoms with E-state index in [-0.39, 0.29) is 49.9 Å². The molecule has 2 amide bonds. The monoisotopic (exact) mass is 547 g/mol. The summed E-state index contributed by atoms with van der Waals surface area (Å²) >= 11 is 0. The second-order valence-electron chi connectivity index (χ2n) is 9.02. The number of likely N-dealkylation sites (tertiary alicyclic amines) is 1. The van der Waals surface area contributed by atoms with Gasteiger partial charge >= 0.3 is 12.1 Å². The number of nitrogens with zero attached hydrogens (tertiary/aromatic N) is 2. The molecule has 12 nitrogen and oxygen atoms in total. The highest BCUT2D eigenvalue weighted by Gasteiger charge is 2.62. The van der Waals surface area contributed by atoms with Gasteiger partial charge in [-0.15, -0.1) is 0 Å². The second kappa shape index (κ2) is 11.0. The fourth-order valence-electron chi connectivity index (χ4n) is 4.84. The lowest BCUT2D eigenvalue weighted by atomic mass is 9.97. The molecule has 2 unspecified atom stereocenters. The van der Waals surface area contributed by atoms with Crippen LogP contribution in [0.25, 0.3) is 0 Å². The lowest BCUT2D eigenvalue weighted by molar-refractivity contribution is -0.150. The first-order chi connectivity index (χ1) is 18.1. The van der Waals surface area contributed by atoms with Gasteiger partial charge in [-0.3, -0.25) is 9.59 Å². The van der Waals surface area contributed by atoms with Crippen molar-refractivity contribution in [2.45, 2.75) is 29.3 Å². The second-order valence-corrected chi connectivity index (χ2v) is 10.8. The van der Waals surface area contributed by atoms with Gasteiger partial charge in [0.05, 0.1) is 25.2 Å². The number of carbonyl (C=O) groups excluding carboxylic acids is 2. The summed E-state index contributed by atoms with van der Waals surface area (Å²) in [7, 11) is -1.27. The normalized spacial score (nSPS) is 21.1. The quantitative estimate of drug-likeness (QED) is 0.449. The van der Waals surface area contributed by atoms with Crippen molar-refractivity contribution >= 4 is 33.7 Å². The number of fused-ring (bicyclic) bond motifs is 2. The number of methoxy groups -OCH3 is 2. The number of sulfonamides is 1. The number of benzene rings is 2. The molecule has 2 N–H and O–H groups in total. The zero-order chi connectivity index (χ0) is 27.5. The molecule has 0 spiro atoms. The van der Waals surface area contributed by atoms with Gasteiger partial charge in [-0.25, -0.2) is 13.2 Å². The van der Waals surface area contributed by atoms with Crippen molar-refractivity contribution in [3.8, 4) is 5.75 Å². The van der Waals surface area contributed by atoms with Crippen LogP contribution in [0.5, 0.6) is 5.75 Å². The number of rotatable bonds is 9. The Kier molecular flexibility index (Phi) is 7.90. The molecule has 204 valence electrons. The SMILES string of the molecule is COCCOC(=O)N1CC2CCC(C(=O)O)(C1)N2S(=O)(=O)c1ccc(NC(=O)c2ccc(OC)cc2)cc1. The van der Waals surface area contributed by atoms with Crippen LogP contribution in [-0.2, 0) is 24.3 Å². The number of carboxylic acids is 1. The van der Waals surface area contributed by atoms with Crippen LogP contribution in [0.4, 0.5) is 10.5 Å². The van der Waals surface area contributed by atoms with Crippen molar-refractivity contribution in [1.82, 2.24) is 9.21 Å². The first-order valence-corrected chi connectivity index (χ1v) is 13.3. The van der Waals surface area contributed by atoms with Crippen LogP contribution >= 0.6 is 0 Å². The van der Waals surface area contributed by atoms with Gasteiger partial charge in [0.1, 0.15) is 12.4 Å². The van der Waals surface area contributed by atoms with Crippen molar-refractivity contribution in [3.05, 3.63) is 54.1 Å². The van der Waals surface area contributed by atoms with Crippen LogP contribution < -0.4 is 10.1 Å². The largest absolute Gasteiger partial charge is 0.497 e. The van der Waals surface area contributed by atoms with E-state index in [1.54, 1.807) is 24.3 Å². The van der Waals surface area contributed by atoms with Gasteiger partial charge < -0.3 is 29.5 Å². The number of carboxylic acid groups (broad SMARTS) is 1. The molecule has 2 aromatic carbocycles. The number of aliphatic carboxylic acids is 1. The van der Waals surface area contributed by atoms with Crippen LogP contribution in [0.15, 0.2) is 53.4 Å². The maximum absolute atomic E-state index is 13.7. The van der Waals surface area contributed by atoms with Crippen molar-refractivity contribution < 1.29 is 42.1 Å². The summed E-state index contributed by atoms with van der Waals surface area (Å²) in [5.41, 5.74) is -1.06. The molecule has 2 heterocycles. The third kappa shape index (κ3) is 5.17. The van der Waals surface area contributed by atoms with Gasteiger partial charge in [0, 0.05) is 30.9 Å². The van der Waals surface area contributed by atoms with Crippen LogP contribution in [0.1, 0.15) is 23.2 Å². The van der Waals surface area contributed by atoms with Gasteiger partial charge in [-0.05, 0) is 61.4 Å². The van der Waals surface area contributed by atoms with E-state index in [4.69, 9.17) is 14.2 Å². The molecule has 2 fully saturated rings. The summed E-state index contributed by atoms with van der Waals surface area (Å²) in [6, 6.07) is 11.3. The van der Waals surface area contributed by atoms with Gasteiger partial charge in [-0.2, -0.15) is 4.31 Å². The minimum Gasteiger partial charge on any atom is -0.497 e. The predicted octanol–water partition coefficient (Wildman–Crippen LogP) is 2.02. The van der Waals surface area contributed by atoms with E-state index in [9.17, 15) is 27.9 Å². The van der Waals surface area contributed by atoms with Crippen LogP contribution in [-0.4, -0.2) is 92.8 Å². The molecule has 2 aliphatic heterocycles. The number of ether oxygens (including phenoxy) is 3. The maximum atomic E-state index is 13.7. The molecule has 2 saturated heterocycles. The smallest absolute Gasteiger partial charge is 0.409 e. The first-order valence-electron chi connectivity index (χ1n) is 11.9. The average molecular weight is 548 g/mol. The lowest BCUT2D eigenvalue weighted by Crippen LogP contribution is -2.67. The minimum absolute atomic E-state index is 0.0000632. The molecular formula is C25H29N3O9S. The molecule has 4 rings (SSSR count). The number of piperazine rings is 1. The Morgan fingerprint density at radius 2 is 1.74 bits per heavy atom. The van der Waals surface area contributed by atoms with Crippen molar-refractivity contribution in [3.63, 3.8) is 0 Å². The molecule has 0 aliphatic carbocycles. The number of hydrogen-bond donors (Lipinski definition) is 2. The minimum atomic E-state index is -4.25. The summed E-state index contributed by atoms with van der Waals surface area (Å²) in [5.74, 6) is -1.12. The molecule has 0 saturated carbocycles. The fourth-order valence-corrected chi connectivity index (χ4v) is 6.80. The molecule has 2 aromatic rings. The van der Waals surface area contributed by atoms with Crippen molar-refractivity contribution in [2.24, 2.45) is 0 Å². The highest BCUT2D eigenvalue weighted by Crippen LogP contribution is 2.43. The van der Waals surface area contributed by atoms with E-state index in [0.717, 1.165) is 4.31 Å². The lowest BCUT2D eigenvalue weighted by Gasteiger charge is -2.44. The Labute approximate surface area is 220 Å². The fraction of sp³-hybridized carbons (Fsp3) is 0.400. The molecule has 2 atom stereocenters. The van der Waals surface area contributed by atoms with Gasteiger partial charge in [0.15, 0.2) is 5.54 Å². The van der Waals surface area contributed by atoms with Crippen LogP contribution in [0.3, 0.4) is 0 Å². The van der Waals surface area contributed by atoms with Crippen LogP contribution in [0.2, 0.25) is 0 Å². The molecule has 13 heteroatoms. The number of nitrogens with one attached hydrogen (secondary N) is 1. The summed E-state index contributed by atoms with van der Waals surface area (Å²) in [5, 5.41) is 12.8. The van der Waals surface area contributed by atoms with E-state index in [2.05, 4.69) is 5.32 Å². The highest BCUT2D eigenvalue weighted by molar-refractivity contribution is 7.89. The van der Waals surface area contributed by atoms with Gasteiger partial charge in [0.25, 0.3) is 5.91 Å². The zero-order valence-corrected chi connectivity index (χ0v) is 21.8. The predicted molar refractivity (Wildman–Crippen MR) is 135 cm³/mol. The van der Waals surface area contributed by atoms with E-state index in [1.807, 2.05) is 0 Å². The molecule has 0 radical (unpaired) electrons. The third-order valence-corrected chi connectivity index (χ3v) is 8.75. The van der Waals surface area contributed by atoms with Gasteiger partial charge in [-0.1, -0.05) is 0 Å². The van der Waals surface area contributed by atoms with E-state index in [1.165, 1.54) is 43.4 Å². The van der Waals surface area contributed by atoms with Crippen molar-refractivity contribution in [2.75, 3.05) is 45.8 Å². The Morgan fingerprint density at radius 1 is 1.05 bits per heavy atom. The molecule has 0 aromatic heterocycles. The number of anilines is 1. The number of hydrogen-bond acceptors (Lipinski definition) is 8. The molecule has 2 bridgehead atoms. The standard InChI is InChI=1S/C25H29N3O9S/c1-35-13-14-37-24(32)27-15-19-11-12-25(16-27,23(30)31)28(19)38(33,34)21-9-5-18(6-10-21)26-22(29)17-3-7-20(36-2)8-4-17/h3-10,19H,11-16H2,1-2H3,(H,26,29)(H,30,31). The average Bonchev–Trinajstić information content (AvgIpc) is 3.17. The molecular weight excluding hydrogens is 518 g/mol. The number of amides is 2. The Bertz CT molecular complexity index is 1300.